The van der Waals surface area contributed by atoms with Crippen LogP contribution in [0.5, 0.6) is 0 Å². The molecule has 0 spiro atoms. The van der Waals surface area contributed by atoms with Crippen LogP contribution in [0.3, 0.4) is 0 Å². The average Bonchev–Trinajstić information content (AvgIpc) is 1.69. The first kappa shape index (κ1) is 81.4. The number of nitrogens with two attached hydrogens (primary N) is 3. The van der Waals surface area contributed by atoms with Crippen molar-refractivity contribution in [3.8, 4) is 0 Å². The van der Waals surface area contributed by atoms with Crippen molar-refractivity contribution in [3.05, 3.63) is 168 Å². The number of carbonyl (C=O) groups excluding carboxylic acids is 12. The molecule has 3 aromatic heterocycles. The molecular weight excluding hydrogens is 1390 g/mol. The molecule has 0 radical (unpaired) electrons. The van der Waals surface area contributed by atoms with E-state index in [1.807, 2.05) is 91.8 Å². The van der Waals surface area contributed by atoms with E-state index in [0.717, 1.165) is 33.6 Å². The van der Waals surface area contributed by atoms with Crippen LogP contribution in [-0.2, 0) is 98.9 Å². The van der Waals surface area contributed by atoms with Gasteiger partial charge in [-0.3, -0.25) is 52.7 Å². The second-order valence-electron chi connectivity index (χ2n) is 27.5. The van der Waals surface area contributed by atoms with Crippen LogP contribution in [0.1, 0.15) is 93.5 Å². The fourth-order valence-electron chi connectivity index (χ4n) is 13.1. The van der Waals surface area contributed by atoms with Gasteiger partial charge in [0.05, 0.1) is 5.75 Å². The van der Waals surface area contributed by atoms with Gasteiger partial charge in [-0.25, -0.2) is 9.78 Å². The van der Waals surface area contributed by atoms with Gasteiger partial charge in [0.2, 0.25) is 65.0 Å². The molecule has 0 unspecified atom stereocenters. The second kappa shape index (κ2) is 39.7. The third-order valence-electron chi connectivity index (χ3n) is 18.6. The fraction of sp³-hybridized carbons (Fsp3) is 0.416. The van der Waals surface area contributed by atoms with Gasteiger partial charge >= 0.3 is 6.03 Å². The summed E-state index contributed by atoms with van der Waals surface area (Å²) in [6, 6.07) is 21.8. The molecule has 0 bridgehead atoms. The number of benzene rings is 4. The van der Waals surface area contributed by atoms with Crippen LogP contribution in [0.2, 0.25) is 0 Å². The molecule has 4 aromatic carbocycles. The molecule has 0 saturated carbocycles. The van der Waals surface area contributed by atoms with E-state index in [2.05, 4.69) is 58.2 Å². The molecule has 7 aromatic rings. The van der Waals surface area contributed by atoms with E-state index in [1.165, 1.54) is 31.1 Å². The minimum absolute atomic E-state index is 0.0127. The largest absolute Gasteiger partial charge is 0.384 e. The van der Waals surface area contributed by atoms with Crippen LogP contribution >= 0.6 is 11.8 Å². The first-order valence-corrected chi connectivity index (χ1v) is 37.0. The zero-order valence-corrected chi connectivity index (χ0v) is 62.0. The topological polar surface area (TPSA) is 429 Å². The van der Waals surface area contributed by atoms with Crippen LogP contribution < -0.4 is 70.4 Å². The summed E-state index contributed by atoms with van der Waals surface area (Å²) in [6.07, 6.45) is 5.47. The van der Waals surface area contributed by atoms with Crippen LogP contribution in [0.4, 0.5) is 10.6 Å². The van der Waals surface area contributed by atoms with E-state index in [9.17, 15) is 24.0 Å². The summed E-state index contributed by atoms with van der Waals surface area (Å²) in [5.74, 6) is -9.48. The second-order valence-corrected chi connectivity index (χ2v) is 28.5. The molecule has 570 valence electrons. The molecule has 1 aliphatic heterocycles. The minimum Gasteiger partial charge on any atom is -0.384 e. The lowest BCUT2D eigenvalue weighted by Gasteiger charge is -2.33. The van der Waals surface area contributed by atoms with Crippen molar-refractivity contribution in [1.29, 1.82) is 0 Å². The van der Waals surface area contributed by atoms with Gasteiger partial charge in [-0.2, -0.15) is 0 Å². The van der Waals surface area contributed by atoms with Gasteiger partial charge in [-0.1, -0.05) is 111 Å². The predicted octanol–water partition coefficient (Wildman–Crippen LogP) is 2.29. The highest BCUT2D eigenvalue weighted by atomic mass is 32.2. The monoisotopic (exact) mass is 1490 g/mol. The quantitative estimate of drug-likeness (QED) is 0.0365. The number of aromatic nitrogens is 3. The number of carbonyl (C=O) groups is 12. The molecule has 1 saturated heterocycles. The number of nitrogen functional groups attached to an aromatic ring is 1. The van der Waals surface area contributed by atoms with Crippen LogP contribution in [-0.4, -0.2) is 176 Å². The Morgan fingerprint density at radius 3 is 1.64 bits per heavy atom. The number of anilines is 1. The van der Waals surface area contributed by atoms with E-state index >= 15 is 33.6 Å². The normalized spacial score (nSPS) is 20.3. The van der Waals surface area contributed by atoms with Gasteiger partial charge in [0.25, 0.3) is 0 Å². The van der Waals surface area contributed by atoms with Gasteiger partial charge in [0.15, 0.2) is 0 Å². The Labute approximate surface area is 625 Å². The SMILES string of the molecule is CC(=O)NCCCC[C@H](NC(=O)[C@@H]1CSCC(=O)N[C@@H](Cc2ccccc2)C(=O)N[C@@H](Cc2ccnc(N)c2)C(=O)N[C@@H](CC(C)C)C(=O)N[C@@H](CCCCNC(N)=O)C(=O)N[C@@H](Cc2cn(C)c3ccccc23)C(=O)N(C)[C@@H](Cc2ccccc2)C(=O)N[C@@H](Cc2cn(C)c3ccccc23)C(=O)N1)C(N)=O. The number of hydrogen-bond donors (Lipinski definition) is 13. The molecule has 1 fully saturated rings. The number of hydrogen-bond acceptors (Lipinski definition) is 15. The van der Waals surface area contributed by atoms with Crippen molar-refractivity contribution < 1.29 is 57.5 Å². The first-order chi connectivity index (χ1) is 51.2. The third-order valence-corrected chi connectivity index (χ3v) is 19.6. The summed E-state index contributed by atoms with van der Waals surface area (Å²) in [7, 11) is 5.06. The number of rotatable bonds is 25. The van der Waals surface area contributed by atoms with Crippen molar-refractivity contribution in [2.75, 3.05) is 37.4 Å². The maximum Gasteiger partial charge on any atom is 0.312 e. The molecule has 4 heterocycles. The number of fused-ring (bicyclic) bond motifs is 2. The van der Waals surface area contributed by atoms with E-state index < -0.39 is 125 Å². The number of aryl methyl sites for hydroxylation is 2. The number of para-hydroxylation sites is 2. The lowest BCUT2D eigenvalue weighted by molar-refractivity contribution is -0.143. The highest BCUT2D eigenvalue weighted by molar-refractivity contribution is 8.00. The summed E-state index contributed by atoms with van der Waals surface area (Å²) < 4.78 is 3.72. The maximum atomic E-state index is 16.0. The fourth-order valence-corrected chi connectivity index (χ4v) is 13.9. The lowest BCUT2D eigenvalue weighted by Crippen LogP contribution is -2.61. The Morgan fingerprint density at radius 1 is 0.551 bits per heavy atom. The molecule has 13 amide bonds. The first-order valence-electron chi connectivity index (χ1n) is 35.9. The molecule has 16 N–H and O–H groups in total. The molecule has 9 atom stereocenters. The van der Waals surface area contributed by atoms with Gasteiger partial charge in [0.1, 0.15) is 60.2 Å². The average molecular weight is 1490 g/mol. The van der Waals surface area contributed by atoms with E-state index in [4.69, 9.17) is 17.2 Å². The number of nitrogens with one attached hydrogen (secondary N) is 10. The number of amides is 13. The van der Waals surface area contributed by atoms with Crippen molar-refractivity contribution in [1.82, 2.24) is 72.2 Å². The van der Waals surface area contributed by atoms with Crippen LogP contribution in [0, 0.1) is 5.92 Å². The Balaban J connectivity index is 1.26. The number of urea groups is 1. The summed E-state index contributed by atoms with van der Waals surface area (Å²) in [5, 5.41) is 29.5. The highest BCUT2D eigenvalue weighted by Crippen LogP contribution is 2.26. The number of pyridine rings is 1. The van der Waals surface area contributed by atoms with Crippen LogP contribution in [0.15, 0.2) is 140 Å². The Morgan fingerprint density at radius 2 is 1.05 bits per heavy atom. The number of nitrogens with zero attached hydrogens (tertiary/aromatic N) is 4. The molecule has 1 aliphatic rings. The number of likely N-dealkylation sites (N-methyl/N-ethyl adjacent to an activating group) is 1. The lowest BCUT2D eigenvalue weighted by atomic mass is 9.98. The standard InChI is InChI=1S/C77H99N17O12S/c1-46(2)35-57-70(99)86-56(28-18-20-33-83-77(80)106)69(98)90-61(41-52-43-93(5)64-30-16-14-26-54(52)64)76(105)94(6)65(38-49-23-11-8-12-24-49)75(104)89-60(40-51-42-92(4)63-29-15-13-25-53(51)63)73(102)91-62(74(103)85-55(68(79)97)27-17-19-32-81-47(3)95)44-107-45-67(96)84-58(36-48-21-9-7-10-22-48)71(100)88-59(72(101)87-57)37-50-31-34-82-66(78)39-50/h7-16,21-26,29-31,34,39,42-43,46,55-62,65H,17-20,27-28,32-33,35-38,40-41,44-45H2,1-6H3,(H2,78,82)(H2,79,97)(H,81,95)(H,84,96)(H,85,103)(H,86,99)(H,87,101)(H,88,100)(H,89,104)(H,90,98)(H,91,102)(H3,80,83,106)/t55-,56-,57-,58-,59-,60-,61-,62-,65-/m0/s1. The zero-order chi connectivity index (χ0) is 77.3. The van der Waals surface area contributed by atoms with E-state index in [0.29, 0.717) is 40.7 Å². The molecule has 107 heavy (non-hydrogen) atoms. The summed E-state index contributed by atoms with van der Waals surface area (Å²) in [5.41, 5.74) is 21.9. The minimum atomic E-state index is -1.57. The zero-order valence-electron chi connectivity index (χ0n) is 61.2. The summed E-state index contributed by atoms with van der Waals surface area (Å²) >= 11 is 0.887. The highest BCUT2D eigenvalue weighted by Gasteiger charge is 2.39. The van der Waals surface area contributed by atoms with Gasteiger partial charge in [0, 0.05) is 119 Å². The van der Waals surface area contributed by atoms with E-state index in [-0.39, 0.29) is 101 Å². The van der Waals surface area contributed by atoms with Crippen molar-refractivity contribution >= 4 is 110 Å². The molecule has 29 nitrogen and oxygen atoms in total. The smallest absolute Gasteiger partial charge is 0.312 e. The molecule has 0 aliphatic carbocycles. The van der Waals surface area contributed by atoms with Crippen LogP contribution in [0.25, 0.3) is 21.8 Å². The van der Waals surface area contributed by atoms with Crippen molar-refractivity contribution in [2.24, 2.45) is 31.5 Å². The van der Waals surface area contributed by atoms with Gasteiger partial charge in [-0.15, -0.1) is 11.8 Å². The molecular formula is C77H99N17O12S. The van der Waals surface area contributed by atoms with E-state index in [1.54, 1.807) is 72.9 Å². The van der Waals surface area contributed by atoms with Crippen molar-refractivity contribution in [3.63, 3.8) is 0 Å². The number of primary amides is 2. The number of thioether (sulfide) groups is 1. The Hall–Kier alpha value is -11.3. The number of unbranched alkanes of at least 4 members (excludes halogenated alkanes) is 2. The summed E-state index contributed by atoms with van der Waals surface area (Å²) in [4.78, 5) is 180. The Kier molecular flexibility index (Phi) is 30.2. The summed E-state index contributed by atoms with van der Waals surface area (Å²) in [6.45, 7) is 5.39. The predicted molar refractivity (Wildman–Crippen MR) is 408 cm³/mol. The third kappa shape index (κ3) is 24.4. The van der Waals surface area contributed by atoms with Crippen molar-refractivity contribution in [2.45, 2.75) is 152 Å². The molecule has 8 rings (SSSR count). The van der Waals surface area contributed by atoms with Gasteiger partial charge < -0.3 is 84.4 Å². The maximum absolute atomic E-state index is 16.0. The van der Waals surface area contributed by atoms with Gasteiger partial charge in [-0.05, 0) is 103 Å². The Bertz CT molecular complexity index is 4290. The molecule has 30 heteroatoms.